The van der Waals surface area contributed by atoms with Gasteiger partial charge in [-0.05, 0) is 48.2 Å². The van der Waals surface area contributed by atoms with Gasteiger partial charge >= 0.3 is 0 Å². The Balaban J connectivity index is 1.53. The molecule has 148 valence electrons. The summed E-state index contributed by atoms with van der Waals surface area (Å²) in [6.07, 6.45) is 1.86. The number of nitrogens with one attached hydrogen (secondary N) is 1. The second-order valence-corrected chi connectivity index (χ2v) is 7.79. The minimum Gasteiger partial charge on any atom is -0.497 e. The van der Waals surface area contributed by atoms with Crippen molar-refractivity contribution in [2.45, 2.75) is 0 Å². The van der Waals surface area contributed by atoms with Crippen molar-refractivity contribution in [3.63, 3.8) is 0 Å². The molecule has 2 fully saturated rings. The van der Waals surface area contributed by atoms with Crippen LogP contribution in [0.25, 0.3) is 16.9 Å². The average molecular weight is 388 g/mol. The molecule has 1 aromatic heterocycles. The predicted molar refractivity (Wildman–Crippen MR) is 111 cm³/mol. The number of hydrogen-bond acceptors (Lipinski definition) is 4. The van der Waals surface area contributed by atoms with Crippen LogP contribution < -0.4 is 10.1 Å². The second-order valence-electron chi connectivity index (χ2n) is 7.79. The van der Waals surface area contributed by atoms with Crippen LogP contribution in [0.15, 0.2) is 60.8 Å². The number of fused-ring (bicyclic) bond motifs is 1. The Labute approximate surface area is 170 Å². The Bertz CT molecular complexity index is 1000. The molecule has 6 heteroatoms. The van der Waals surface area contributed by atoms with Crippen LogP contribution in [0.1, 0.15) is 10.4 Å². The predicted octanol–water partition coefficient (Wildman–Crippen LogP) is 2.84. The molecule has 2 aliphatic heterocycles. The fourth-order valence-corrected chi connectivity index (χ4v) is 4.40. The van der Waals surface area contributed by atoms with Gasteiger partial charge in [-0.25, -0.2) is 4.68 Å². The number of carbonyl (C=O) groups is 1. The summed E-state index contributed by atoms with van der Waals surface area (Å²) in [6, 6.07) is 17.6. The molecular formula is C23H24N4O2. The minimum absolute atomic E-state index is 0.0624. The average Bonchev–Trinajstić information content (AvgIpc) is 3.49. The van der Waals surface area contributed by atoms with Gasteiger partial charge in [0, 0.05) is 37.9 Å². The molecule has 2 aromatic carbocycles. The molecule has 0 saturated carbocycles. The van der Waals surface area contributed by atoms with Crippen molar-refractivity contribution >= 4 is 5.91 Å². The third kappa shape index (κ3) is 3.29. The first kappa shape index (κ1) is 17.9. The van der Waals surface area contributed by atoms with E-state index in [1.807, 2.05) is 65.7 Å². The van der Waals surface area contributed by atoms with Crippen LogP contribution in [0.4, 0.5) is 0 Å². The molecule has 29 heavy (non-hydrogen) atoms. The highest BCUT2D eigenvalue weighted by Gasteiger charge is 2.39. The molecule has 0 bridgehead atoms. The van der Waals surface area contributed by atoms with Crippen molar-refractivity contribution in [3.8, 4) is 22.7 Å². The molecular weight excluding hydrogens is 364 g/mol. The van der Waals surface area contributed by atoms with Crippen LogP contribution in [0.5, 0.6) is 5.75 Å². The Morgan fingerprint density at radius 1 is 1.03 bits per heavy atom. The van der Waals surface area contributed by atoms with Crippen LogP contribution in [-0.4, -0.2) is 53.9 Å². The quantitative estimate of drug-likeness (QED) is 0.747. The lowest BCUT2D eigenvalue weighted by molar-refractivity contribution is 0.0782. The highest BCUT2D eigenvalue weighted by atomic mass is 16.5. The lowest BCUT2D eigenvalue weighted by Crippen LogP contribution is -2.32. The standard InChI is InChI=1S/C23H24N4O2/c1-29-20-9-7-16(8-10-20)22-21(15-27(25-22)19-5-3-2-4-6-19)23(28)26-13-17-11-24-12-18(17)14-26/h2-10,15,17-18,24H,11-14H2,1H3/t17-,18+. The molecule has 6 nitrogen and oxygen atoms in total. The number of hydrogen-bond donors (Lipinski definition) is 1. The summed E-state index contributed by atoms with van der Waals surface area (Å²) < 4.78 is 7.07. The maximum absolute atomic E-state index is 13.5. The van der Waals surface area contributed by atoms with Crippen LogP contribution in [0.3, 0.4) is 0 Å². The monoisotopic (exact) mass is 388 g/mol. The summed E-state index contributed by atoms with van der Waals surface area (Å²) in [7, 11) is 1.65. The Hall–Kier alpha value is -3.12. The van der Waals surface area contributed by atoms with E-state index in [1.54, 1.807) is 11.8 Å². The van der Waals surface area contributed by atoms with Gasteiger partial charge in [0.2, 0.25) is 0 Å². The third-order valence-electron chi connectivity index (χ3n) is 6.01. The van der Waals surface area contributed by atoms with E-state index >= 15 is 0 Å². The zero-order chi connectivity index (χ0) is 19.8. The van der Waals surface area contributed by atoms with Gasteiger partial charge in [0.05, 0.1) is 18.4 Å². The molecule has 3 heterocycles. The zero-order valence-electron chi connectivity index (χ0n) is 16.4. The molecule has 2 aliphatic rings. The lowest BCUT2D eigenvalue weighted by atomic mass is 10.0. The minimum atomic E-state index is 0.0624. The van der Waals surface area contributed by atoms with E-state index in [0.29, 0.717) is 23.1 Å². The van der Waals surface area contributed by atoms with Gasteiger partial charge in [0.1, 0.15) is 11.4 Å². The smallest absolute Gasteiger partial charge is 0.257 e. The molecule has 2 atom stereocenters. The van der Waals surface area contributed by atoms with Crippen LogP contribution in [0.2, 0.25) is 0 Å². The molecule has 2 saturated heterocycles. The van der Waals surface area contributed by atoms with E-state index < -0.39 is 0 Å². The summed E-state index contributed by atoms with van der Waals surface area (Å²) in [5, 5.41) is 8.22. The van der Waals surface area contributed by atoms with E-state index in [-0.39, 0.29) is 5.91 Å². The van der Waals surface area contributed by atoms with Crippen LogP contribution >= 0.6 is 0 Å². The van der Waals surface area contributed by atoms with E-state index in [4.69, 9.17) is 9.84 Å². The number of ether oxygens (including phenoxy) is 1. The summed E-state index contributed by atoms with van der Waals surface area (Å²) in [4.78, 5) is 15.5. The van der Waals surface area contributed by atoms with Gasteiger partial charge in [0.25, 0.3) is 5.91 Å². The highest BCUT2D eigenvalue weighted by molar-refractivity contribution is 6.00. The van der Waals surface area contributed by atoms with E-state index in [9.17, 15) is 4.79 Å². The van der Waals surface area contributed by atoms with E-state index in [0.717, 1.165) is 43.2 Å². The van der Waals surface area contributed by atoms with Gasteiger partial charge in [-0.2, -0.15) is 5.10 Å². The Morgan fingerprint density at radius 3 is 2.38 bits per heavy atom. The van der Waals surface area contributed by atoms with Crippen molar-refractivity contribution in [2.24, 2.45) is 11.8 Å². The van der Waals surface area contributed by atoms with Crippen molar-refractivity contribution < 1.29 is 9.53 Å². The summed E-state index contributed by atoms with van der Waals surface area (Å²) in [5.74, 6) is 1.97. The maximum Gasteiger partial charge on any atom is 0.257 e. The zero-order valence-corrected chi connectivity index (χ0v) is 16.4. The topological polar surface area (TPSA) is 59.4 Å². The molecule has 0 unspecified atom stereocenters. The van der Waals surface area contributed by atoms with Crippen molar-refractivity contribution in [1.29, 1.82) is 0 Å². The van der Waals surface area contributed by atoms with Crippen LogP contribution in [-0.2, 0) is 0 Å². The molecule has 3 aromatic rings. The molecule has 0 aliphatic carbocycles. The molecule has 1 amide bonds. The SMILES string of the molecule is COc1ccc(-c2nn(-c3ccccc3)cc2C(=O)N2C[C@H]3CNC[C@H]3C2)cc1. The number of rotatable bonds is 4. The largest absolute Gasteiger partial charge is 0.497 e. The normalized spacial score (nSPS) is 20.7. The van der Waals surface area contributed by atoms with Gasteiger partial charge in [-0.3, -0.25) is 4.79 Å². The first-order valence-corrected chi connectivity index (χ1v) is 10.0. The fraction of sp³-hybridized carbons (Fsp3) is 0.304. The second kappa shape index (κ2) is 7.37. The molecule has 5 rings (SSSR count). The molecule has 0 radical (unpaired) electrons. The fourth-order valence-electron chi connectivity index (χ4n) is 4.40. The third-order valence-corrected chi connectivity index (χ3v) is 6.01. The first-order chi connectivity index (χ1) is 14.2. The number of para-hydroxylation sites is 1. The highest BCUT2D eigenvalue weighted by Crippen LogP contribution is 2.31. The van der Waals surface area contributed by atoms with Gasteiger partial charge in [-0.15, -0.1) is 0 Å². The van der Waals surface area contributed by atoms with E-state index in [2.05, 4.69) is 5.32 Å². The summed E-state index contributed by atoms with van der Waals surface area (Å²) in [6.45, 7) is 3.64. The van der Waals surface area contributed by atoms with Gasteiger partial charge in [-0.1, -0.05) is 18.2 Å². The summed E-state index contributed by atoms with van der Waals surface area (Å²) in [5.41, 5.74) is 3.19. The molecule has 1 N–H and O–H groups in total. The van der Waals surface area contributed by atoms with Crippen molar-refractivity contribution in [1.82, 2.24) is 20.0 Å². The van der Waals surface area contributed by atoms with E-state index in [1.165, 1.54) is 0 Å². The first-order valence-electron chi connectivity index (χ1n) is 10.0. The number of methoxy groups -OCH3 is 1. The number of nitrogens with zero attached hydrogens (tertiary/aromatic N) is 3. The van der Waals surface area contributed by atoms with Gasteiger partial charge < -0.3 is 15.0 Å². The molecule has 0 spiro atoms. The Morgan fingerprint density at radius 2 is 1.72 bits per heavy atom. The summed E-state index contributed by atoms with van der Waals surface area (Å²) >= 11 is 0. The number of likely N-dealkylation sites (tertiary alicyclic amines) is 1. The number of amides is 1. The van der Waals surface area contributed by atoms with Crippen molar-refractivity contribution in [2.75, 3.05) is 33.3 Å². The lowest BCUT2D eigenvalue weighted by Gasteiger charge is -2.17. The number of aromatic nitrogens is 2. The number of carbonyl (C=O) groups excluding carboxylic acids is 1. The number of benzene rings is 2. The van der Waals surface area contributed by atoms with Crippen LogP contribution in [0, 0.1) is 11.8 Å². The maximum atomic E-state index is 13.5. The van der Waals surface area contributed by atoms with Crippen molar-refractivity contribution in [3.05, 3.63) is 66.4 Å². The van der Waals surface area contributed by atoms with Gasteiger partial charge in [0.15, 0.2) is 0 Å². The Kier molecular flexibility index (Phi) is 4.56.